The summed E-state index contributed by atoms with van der Waals surface area (Å²) in [6.45, 7) is 18.7. The third-order valence-electron chi connectivity index (χ3n) is 16.9. The van der Waals surface area contributed by atoms with E-state index in [0.717, 1.165) is 70.9 Å². The fraction of sp³-hybridized carbons (Fsp3) is 0.925. The number of nitrogens with zero attached hydrogens (tertiary/aromatic N) is 3. The van der Waals surface area contributed by atoms with E-state index in [1.165, 1.54) is 0 Å². The fourth-order valence-electron chi connectivity index (χ4n) is 14.1. The highest BCUT2D eigenvalue weighted by Crippen LogP contribution is 2.87. The molecule has 3 heterocycles. The van der Waals surface area contributed by atoms with E-state index in [1.54, 1.807) is 21.6 Å². The van der Waals surface area contributed by atoms with E-state index < -0.39 is 11.6 Å². The van der Waals surface area contributed by atoms with Gasteiger partial charge in [0.25, 0.3) is 0 Å². The summed E-state index contributed by atoms with van der Waals surface area (Å²) < 4.78 is 19.4. The van der Waals surface area contributed by atoms with Crippen LogP contribution >= 0.6 is 0 Å². The van der Waals surface area contributed by atoms with Gasteiger partial charge in [-0.2, -0.15) is 0 Å². The van der Waals surface area contributed by atoms with Crippen molar-refractivity contribution in [3.05, 3.63) is 0 Å². The SMILES string of the molecule is CC(=O)N1CCN(C(=O)OC2CCC34CC35CCC3(C)C6C(C)CC(C(OC(=O)N7CCC7)C(C)C)OC6C(O)C3(N)C5CCC4C2(C)C)CC1. The molecule has 13 unspecified atom stereocenters. The molecule has 11 nitrogen and oxygen atoms in total. The number of fused-ring (bicyclic) bond motifs is 4. The molecule has 3 aliphatic heterocycles. The molecule has 0 aromatic heterocycles. The fourth-order valence-corrected chi connectivity index (χ4v) is 14.1. The Labute approximate surface area is 304 Å². The van der Waals surface area contributed by atoms with Crippen LogP contribution in [0.3, 0.4) is 0 Å². The molecule has 2 spiro atoms. The van der Waals surface area contributed by atoms with Crippen LogP contribution in [0.1, 0.15) is 106 Å². The van der Waals surface area contributed by atoms with Gasteiger partial charge in [-0.1, -0.05) is 41.5 Å². The van der Waals surface area contributed by atoms with Crippen molar-refractivity contribution in [3.8, 4) is 0 Å². The lowest BCUT2D eigenvalue weighted by Crippen LogP contribution is -2.70. The Morgan fingerprint density at radius 3 is 2.12 bits per heavy atom. The summed E-state index contributed by atoms with van der Waals surface area (Å²) in [6, 6.07) is 0. The first kappa shape index (κ1) is 35.9. The highest BCUT2D eigenvalue weighted by Gasteiger charge is 2.85. The minimum atomic E-state index is -0.790. The average molecular weight is 713 g/mol. The Morgan fingerprint density at radius 1 is 0.863 bits per heavy atom. The first-order valence-electron chi connectivity index (χ1n) is 20.3. The number of amides is 3. The highest BCUT2D eigenvalue weighted by molar-refractivity contribution is 5.74. The van der Waals surface area contributed by atoms with Crippen molar-refractivity contribution in [2.75, 3.05) is 39.3 Å². The van der Waals surface area contributed by atoms with Gasteiger partial charge in [-0.15, -0.1) is 0 Å². The molecular formula is C40H64N4O7. The van der Waals surface area contributed by atoms with Crippen molar-refractivity contribution in [1.82, 2.24) is 14.7 Å². The highest BCUT2D eigenvalue weighted by atomic mass is 16.6. The summed E-state index contributed by atoms with van der Waals surface area (Å²) in [6.07, 6.45) is 6.42. The Hall–Kier alpha value is -2.11. The molecule has 0 bridgehead atoms. The van der Waals surface area contributed by atoms with Crippen molar-refractivity contribution in [2.45, 2.75) is 142 Å². The van der Waals surface area contributed by atoms with E-state index in [2.05, 4.69) is 41.5 Å². The van der Waals surface area contributed by atoms with E-state index in [9.17, 15) is 19.5 Å². The Bertz CT molecular complexity index is 1430. The number of carbonyl (C=O) groups is 3. The van der Waals surface area contributed by atoms with E-state index in [4.69, 9.17) is 19.9 Å². The number of hydrogen-bond donors (Lipinski definition) is 2. The van der Waals surface area contributed by atoms with Crippen LogP contribution in [0.15, 0.2) is 0 Å². The first-order chi connectivity index (χ1) is 24.0. The van der Waals surface area contributed by atoms with Gasteiger partial charge in [0, 0.05) is 51.6 Å². The Morgan fingerprint density at radius 2 is 1.49 bits per heavy atom. The molecule has 0 aromatic rings. The summed E-state index contributed by atoms with van der Waals surface area (Å²) in [5, 5.41) is 12.5. The zero-order valence-corrected chi connectivity index (χ0v) is 32.2. The second kappa shape index (κ2) is 11.9. The molecule has 8 aliphatic rings. The number of carbonyl (C=O) groups excluding carboxylic acids is 3. The number of aliphatic hydroxyl groups excluding tert-OH is 1. The van der Waals surface area contributed by atoms with Crippen molar-refractivity contribution in [2.24, 2.45) is 57.0 Å². The summed E-state index contributed by atoms with van der Waals surface area (Å²) in [5.74, 6) is 1.17. The third-order valence-corrected chi connectivity index (χ3v) is 16.9. The van der Waals surface area contributed by atoms with Crippen LogP contribution in [-0.4, -0.2) is 113 Å². The van der Waals surface area contributed by atoms with Crippen LogP contribution in [0.4, 0.5) is 9.59 Å². The van der Waals surface area contributed by atoms with E-state index >= 15 is 0 Å². The van der Waals surface area contributed by atoms with Crippen LogP contribution in [0, 0.1) is 51.2 Å². The lowest BCUT2D eigenvalue weighted by Gasteiger charge is -2.63. The second-order valence-corrected chi connectivity index (χ2v) is 19.5. The maximum absolute atomic E-state index is 13.4. The number of nitrogens with two attached hydrogens (primary N) is 1. The topological polar surface area (TPSA) is 135 Å². The van der Waals surface area contributed by atoms with Crippen molar-refractivity contribution in [1.29, 1.82) is 0 Å². The lowest BCUT2D eigenvalue weighted by molar-refractivity contribution is -0.180. The summed E-state index contributed by atoms with van der Waals surface area (Å²) >= 11 is 0. The smallest absolute Gasteiger partial charge is 0.410 e. The van der Waals surface area contributed by atoms with E-state index in [-0.39, 0.29) is 87.8 Å². The summed E-state index contributed by atoms with van der Waals surface area (Å²) in [7, 11) is 0. The van der Waals surface area contributed by atoms with Gasteiger partial charge in [0.2, 0.25) is 5.91 Å². The van der Waals surface area contributed by atoms with Gasteiger partial charge in [-0.25, -0.2) is 9.59 Å². The zero-order valence-electron chi connectivity index (χ0n) is 32.2. The van der Waals surface area contributed by atoms with Gasteiger partial charge < -0.3 is 39.8 Å². The predicted molar refractivity (Wildman–Crippen MR) is 190 cm³/mol. The van der Waals surface area contributed by atoms with Gasteiger partial charge in [0.15, 0.2) is 0 Å². The normalized spacial score (nSPS) is 47.1. The molecule has 286 valence electrons. The molecule has 13 atom stereocenters. The van der Waals surface area contributed by atoms with Crippen molar-refractivity contribution in [3.63, 3.8) is 0 Å². The minimum Gasteiger partial charge on any atom is -0.446 e. The zero-order chi connectivity index (χ0) is 36.5. The second-order valence-electron chi connectivity index (χ2n) is 19.5. The minimum absolute atomic E-state index is 0.0492. The first-order valence-corrected chi connectivity index (χ1v) is 20.3. The lowest BCUT2D eigenvalue weighted by atomic mass is 9.43. The van der Waals surface area contributed by atoms with E-state index in [1.807, 2.05) is 0 Å². The number of rotatable bonds is 4. The molecule has 5 saturated carbocycles. The molecule has 3 saturated heterocycles. The number of ether oxygens (including phenoxy) is 3. The van der Waals surface area contributed by atoms with Gasteiger partial charge in [-0.05, 0) is 104 Å². The Balaban J connectivity index is 0.996. The molecule has 0 radical (unpaired) electrons. The summed E-state index contributed by atoms with van der Waals surface area (Å²) in [4.78, 5) is 43.5. The number of aliphatic hydroxyl groups is 1. The molecule has 0 aromatic carbocycles. The van der Waals surface area contributed by atoms with Crippen molar-refractivity contribution < 1.29 is 33.7 Å². The molecular weight excluding hydrogens is 648 g/mol. The molecule has 11 heteroatoms. The van der Waals surface area contributed by atoms with Gasteiger partial charge in [0.05, 0.1) is 23.9 Å². The maximum Gasteiger partial charge on any atom is 0.410 e. The van der Waals surface area contributed by atoms with Crippen LogP contribution in [-0.2, 0) is 19.0 Å². The largest absolute Gasteiger partial charge is 0.446 e. The third kappa shape index (κ3) is 4.87. The van der Waals surface area contributed by atoms with Gasteiger partial charge in [-0.3, -0.25) is 4.79 Å². The molecule has 5 aliphatic carbocycles. The number of piperazine rings is 1. The molecule has 3 N–H and O–H groups in total. The van der Waals surface area contributed by atoms with Crippen LogP contribution in [0.25, 0.3) is 0 Å². The average Bonchev–Trinajstić information content (AvgIpc) is 3.68. The maximum atomic E-state index is 13.4. The summed E-state index contributed by atoms with van der Waals surface area (Å²) in [5.41, 5.74) is 6.86. The van der Waals surface area contributed by atoms with Gasteiger partial charge in [0.1, 0.15) is 12.2 Å². The number of hydrogen-bond acceptors (Lipinski definition) is 8. The van der Waals surface area contributed by atoms with E-state index in [0.29, 0.717) is 32.1 Å². The molecule has 51 heavy (non-hydrogen) atoms. The Kier molecular flexibility index (Phi) is 8.41. The standard InChI is InChI=1S/C40H64N4O7/c1-23(2)31(51-35(48)43-15-8-16-43)26-21-24(3)30-32(49-26)33(46)40(41)28-10-9-27-36(5,6)29(50-34(47)44-19-17-42(18-20-44)25(4)45)11-12-38(27)22-39(28,38)14-13-37(30,40)7/h23-24,26-33,46H,8-22,41H2,1-7H3. The molecule has 8 fully saturated rings. The van der Waals surface area contributed by atoms with Crippen molar-refractivity contribution >= 4 is 18.1 Å². The van der Waals surface area contributed by atoms with Crippen LogP contribution in [0.5, 0.6) is 0 Å². The predicted octanol–water partition coefficient (Wildman–Crippen LogP) is 5.03. The molecule has 3 amide bonds. The van der Waals surface area contributed by atoms with Gasteiger partial charge >= 0.3 is 12.2 Å². The number of likely N-dealkylation sites (tertiary alicyclic amines) is 1. The monoisotopic (exact) mass is 712 g/mol. The quantitative estimate of drug-likeness (QED) is 0.415. The van der Waals surface area contributed by atoms with Crippen LogP contribution in [0.2, 0.25) is 0 Å². The van der Waals surface area contributed by atoms with Crippen LogP contribution < -0.4 is 5.73 Å². The molecule has 8 rings (SSSR count).